The second kappa shape index (κ2) is 5.54. The number of hydrogen-bond donors (Lipinski definition) is 1. The summed E-state index contributed by atoms with van der Waals surface area (Å²) in [6.45, 7) is 0.793. The maximum absolute atomic E-state index is 12.9. The van der Waals surface area contributed by atoms with Crippen LogP contribution in [0.5, 0.6) is 0 Å². The minimum absolute atomic E-state index is 0.00950. The molecule has 1 N–H and O–H groups in total. The average molecular weight is 270 g/mol. The van der Waals surface area contributed by atoms with Gasteiger partial charge >= 0.3 is 0 Å². The van der Waals surface area contributed by atoms with Crippen molar-refractivity contribution in [2.45, 2.75) is 6.54 Å². The number of hydrogen-bond acceptors (Lipinski definition) is 4. The van der Waals surface area contributed by atoms with Crippen molar-refractivity contribution in [3.05, 3.63) is 41.2 Å². The summed E-state index contributed by atoms with van der Waals surface area (Å²) in [6.07, 6.45) is 4.16. The first-order valence-corrected chi connectivity index (χ1v) is 5.48. The number of carbonyl (C=O) groups is 1. The number of halogens is 2. The van der Waals surface area contributed by atoms with Crippen LogP contribution in [0.3, 0.4) is 0 Å². The Labute approximate surface area is 107 Å². The van der Waals surface area contributed by atoms with Gasteiger partial charge < -0.3 is 5.32 Å². The Hall–Kier alpha value is -2.02. The zero-order chi connectivity index (χ0) is 13.0. The van der Waals surface area contributed by atoms with E-state index in [-0.39, 0.29) is 10.7 Å². The molecule has 0 aliphatic heterocycles. The van der Waals surface area contributed by atoms with Gasteiger partial charge in [-0.2, -0.15) is 0 Å². The van der Waals surface area contributed by atoms with E-state index in [0.29, 0.717) is 13.1 Å². The van der Waals surface area contributed by atoms with Crippen molar-refractivity contribution < 1.29 is 9.18 Å². The Bertz CT molecular complexity index is 545. The van der Waals surface area contributed by atoms with Gasteiger partial charge in [0.2, 0.25) is 0 Å². The monoisotopic (exact) mass is 269 g/mol. The Balaban J connectivity index is 1.93. The molecule has 2 aromatic rings. The predicted octanol–water partition coefficient (Wildman–Crippen LogP) is 0.896. The van der Waals surface area contributed by atoms with Crippen molar-refractivity contribution in [1.82, 2.24) is 25.3 Å². The van der Waals surface area contributed by atoms with Crippen LogP contribution in [0.15, 0.2) is 24.7 Å². The summed E-state index contributed by atoms with van der Waals surface area (Å²) in [7, 11) is 0. The van der Waals surface area contributed by atoms with Crippen molar-refractivity contribution in [3.63, 3.8) is 0 Å². The highest BCUT2D eigenvalue weighted by molar-refractivity contribution is 6.32. The van der Waals surface area contributed by atoms with Crippen LogP contribution in [0.1, 0.15) is 10.4 Å². The van der Waals surface area contributed by atoms with Gasteiger partial charge in [-0.3, -0.25) is 9.48 Å². The third-order valence-electron chi connectivity index (χ3n) is 2.15. The van der Waals surface area contributed by atoms with Crippen LogP contribution in [0.2, 0.25) is 5.15 Å². The van der Waals surface area contributed by atoms with Gasteiger partial charge in [-0.1, -0.05) is 16.8 Å². The fourth-order valence-electron chi connectivity index (χ4n) is 1.31. The molecule has 0 bridgehead atoms. The number of nitrogens with one attached hydrogen (secondary N) is 1. The molecular formula is C10H9ClFN5O. The number of rotatable bonds is 4. The van der Waals surface area contributed by atoms with Crippen LogP contribution in [0, 0.1) is 5.82 Å². The van der Waals surface area contributed by atoms with Gasteiger partial charge in [0.15, 0.2) is 0 Å². The highest BCUT2D eigenvalue weighted by atomic mass is 35.5. The molecule has 0 saturated heterocycles. The van der Waals surface area contributed by atoms with Crippen LogP contribution < -0.4 is 5.32 Å². The molecule has 2 aromatic heterocycles. The molecule has 2 heterocycles. The zero-order valence-electron chi connectivity index (χ0n) is 9.18. The fraction of sp³-hybridized carbons (Fsp3) is 0.200. The minimum atomic E-state index is -0.610. The van der Waals surface area contributed by atoms with Crippen molar-refractivity contribution in [2.24, 2.45) is 0 Å². The number of amides is 1. The van der Waals surface area contributed by atoms with E-state index in [1.54, 1.807) is 10.9 Å². The molecule has 6 nitrogen and oxygen atoms in total. The maximum Gasteiger partial charge on any atom is 0.254 e. The molecule has 94 valence electrons. The quantitative estimate of drug-likeness (QED) is 0.837. The third kappa shape index (κ3) is 3.01. The summed E-state index contributed by atoms with van der Waals surface area (Å²) in [4.78, 5) is 15.3. The first kappa shape index (κ1) is 12.4. The van der Waals surface area contributed by atoms with Crippen LogP contribution in [-0.4, -0.2) is 32.4 Å². The molecule has 0 radical (unpaired) electrons. The molecule has 1 amide bonds. The Morgan fingerprint density at radius 3 is 3.11 bits per heavy atom. The van der Waals surface area contributed by atoms with E-state index in [1.165, 1.54) is 6.20 Å². The second-order valence-corrected chi connectivity index (χ2v) is 3.77. The summed E-state index contributed by atoms with van der Waals surface area (Å²) >= 11 is 5.70. The molecule has 0 spiro atoms. The minimum Gasteiger partial charge on any atom is -0.350 e. The molecule has 8 heteroatoms. The van der Waals surface area contributed by atoms with E-state index in [1.807, 2.05) is 0 Å². The average Bonchev–Trinajstić information content (AvgIpc) is 2.85. The lowest BCUT2D eigenvalue weighted by molar-refractivity contribution is 0.0951. The summed E-state index contributed by atoms with van der Waals surface area (Å²) < 4.78 is 14.5. The number of pyridine rings is 1. The van der Waals surface area contributed by atoms with Crippen molar-refractivity contribution in [3.8, 4) is 0 Å². The normalized spacial score (nSPS) is 10.3. The maximum atomic E-state index is 12.9. The number of nitrogens with zero attached hydrogens (tertiary/aromatic N) is 4. The van der Waals surface area contributed by atoms with Gasteiger partial charge in [0, 0.05) is 12.7 Å². The van der Waals surface area contributed by atoms with E-state index in [0.717, 1.165) is 12.3 Å². The van der Waals surface area contributed by atoms with E-state index in [9.17, 15) is 9.18 Å². The van der Waals surface area contributed by atoms with Gasteiger partial charge in [0.05, 0.1) is 24.5 Å². The highest BCUT2D eigenvalue weighted by Gasteiger charge is 2.12. The standard InChI is InChI=1S/C10H9ClFN5O/c11-9-8(5-7(12)6-14-9)10(18)13-1-3-17-4-2-15-16-17/h2,4-6H,1,3H2,(H,13,18). The molecule has 2 rings (SSSR count). The Morgan fingerprint density at radius 2 is 2.39 bits per heavy atom. The second-order valence-electron chi connectivity index (χ2n) is 3.41. The molecule has 18 heavy (non-hydrogen) atoms. The van der Waals surface area contributed by atoms with Gasteiger partial charge in [0.1, 0.15) is 11.0 Å². The van der Waals surface area contributed by atoms with Crippen molar-refractivity contribution in [2.75, 3.05) is 6.54 Å². The summed E-state index contributed by atoms with van der Waals surface area (Å²) in [5.74, 6) is -1.09. The van der Waals surface area contributed by atoms with Crippen molar-refractivity contribution >= 4 is 17.5 Å². The smallest absolute Gasteiger partial charge is 0.254 e. The SMILES string of the molecule is O=C(NCCn1ccnn1)c1cc(F)cnc1Cl. The molecule has 0 aliphatic carbocycles. The third-order valence-corrected chi connectivity index (χ3v) is 2.45. The van der Waals surface area contributed by atoms with Gasteiger partial charge in [-0.25, -0.2) is 9.37 Å². The number of carbonyl (C=O) groups excluding carboxylic acids is 1. The van der Waals surface area contributed by atoms with E-state index < -0.39 is 11.7 Å². The lowest BCUT2D eigenvalue weighted by atomic mass is 10.2. The molecule has 0 saturated carbocycles. The van der Waals surface area contributed by atoms with Gasteiger partial charge in [-0.05, 0) is 6.07 Å². The molecule has 0 unspecified atom stereocenters. The topological polar surface area (TPSA) is 72.7 Å². The Kier molecular flexibility index (Phi) is 3.83. The van der Waals surface area contributed by atoms with E-state index in [4.69, 9.17) is 11.6 Å². The summed E-state index contributed by atoms with van der Waals surface area (Å²) in [6, 6.07) is 1.04. The molecule has 0 atom stereocenters. The predicted molar refractivity (Wildman–Crippen MR) is 61.6 cm³/mol. The zero-order valence-corrected chi connectivity index (χ0v) is 9.93. The lowest BCUT2D eigenvalue weighted by Crippen LogP contribution is -2.28. The highest BCUT2D eigenvalue weighted by Crippen LogP contribution is 2.13. The van der Waals surface area contributed by atoms with Crippen LogP contribution in [-0.2, 0) is 6.54 Å². The van der Waals surface area contributed by atoms with Crippen molar-refractivity contribution in [1.29, 1.82) is 0 Å². The van der Waals surface area contributed by atoms with Gasteiger partial charge in [-0.15, -0.1) is 5.10 Å². The fourth-order valence-corrected chi connectivity index (χ4v) is 1.50. The lowest BCUT2D eigenvalue weighted by Gasteiger charge is -2.06. The van der Waals surface area contributed by atoms with Gasteiger partial charge in [0.25, 0.3) is 5.91 Å². The van der Waals surface area contributed by atoms with E-state index >= 15 is 0 Å². The molecule has 0 fully saturated rings. The molecule has 0 aliphatic rings. The molecule has 0 aromatic carbocycles. The number of aromatic nitrogens is 4. The Morgan fingerprint density at radius 1 is 1.56 bits per heavy atom. The summed E-state index contributed by atoms with van der Waals surface area (Å²) in [5.41, 5.74) is 0.00950. The largest absolute Gasteiger partial charge is 0.350 e. The van der Waals surface area contributed by atoms with E-state index in [2.05, 4.69) is 20.6 Å². The first-order chi connectivity index (χ1) is 8.66. The van der Waals surface area contributed by atoms with Crippen LogP contribution in [0.4, 0.5) is 4.39 Å². The molecular weight excluding hydrogens is 261 g/mol. The first-order valence-electron chi connectivity index (χ1n) is 5.10. The summed E-state index contributed by atoms with van der Waals surface area (Å²) in [5, 5.41) is 9.91. The van der Waals surface area contributed by atoms with Crippen LogP contribution >= 0.6 is 11.6 Å². The van der Waals surface area contributed by atoms with Crippen LogP contribution in [0.25, 0.3) is 0 Å².